The Bertz CT molecular complexity index is 1100. The number of Topliss-reactive ketones (excluding diaryl/α,β-unsaturated/α-hetero) is 1. The Labute approximate surface area is 166 Å². The average Bonchev–Trinajstić information content (AvgIpc) is 3.33. The molecule has 1 N–H and O–H groups in total. The summed E-state index contributed by atoms with van der Waals surface area (Å²) in [6.07, 6.45) is 3.37. The van der Waals surface area contributed by atoms with E-state index in [1.165, 1.54) is 19.1 Å². The number of ketones is 1. The fourth-order valence-corrected chi connectivity index (χ4v) is 2.76. The van der Waals surface area contributed by atoms with Gasteiger partial charge in [-0.3, -0.25) is 14.2 Å². The van der Waals surface area contributed by atoms with Gasteiger partial charge in [0.1, 0.15) is 23.0 Å². The minimum atomic E-state index is -0.815. The van der Waals surface area contributed by atoms with Crippen molar-refractivity contribution in [1.29, 1.82) is 5.26 Å². The number of hydrogen-bond acceptors (Lipinski definition) is 6. The monoisotopic (exact) mass is 391 g/mol. The third-order valence-corrected chi connectivity index (χ3v) is 4.08. The molecule has 29 heavy (non-hydrogen) atoms. The van der Waals surface area contributed by atoms with Gasteiger partial charge in [-0.1, -0.05) is 0 Å². The summed E-state index contributed by atoms with van der Waals surface area (Å²) in [6.45, 7) is 2.44. The summed E-state index contributed by atoms with van der Waals surface area (Å²) < 4.78 is 12.2. The van der Waals surface area contributed by atoms with E-state index in [9.17, 15) is 19.6 Å². The number of nitrogens with one attached hydrogen (secondary N) is 1. The summed E-state index contributed by atoms with van der Waals surface area (Å²) in [5.41, 5.74) is 0.904. The van der Waals surface area contributed by atoms with E-state index in [0.29, 0.717) is 11.3 Å². The smallest absolute Gasteiger partial charge is 0.343 e. The molecule has 0 saturated carbocycles. The van der Waals surface area contributed by atoms with Gasteiger partial charge in [0.15, 0.2) is 12.4 Å². The molecule has 3 aromatic rings. The molecule has 146 valence electrons. The van der Waals surface area contributed by atoms with Crippen LogP contribution in [0.5, 0.6) is 0 Å². The van der Waals surface area contributed by atoms with Crippen LogP contribution in [0.4, 0.5) is 5.69 Å². The Morgan fingerprint density at radius 3 is 2.41 bits per heavy atom. The number of anilines is 1. The van der Waals surface area contributed by atoms with Crippen LogP contribution >= 0.6 is 0 Å². The van der Waals surface area contributed by atoms with Crippen LogP contribution in [-0.4, -0.2) is 28.8 Å². The van der Waals surface area contributed by atoms with E-state index in [-0.39, 0.29) is 28.7 Å². The lowest BCUT2D eigenvalue weighted by Gasteiger charge is -2.06. The quantitative estimate of drug-likeness (QED) is 0.510. The second-order valence-corrected chi connectivity index (χ2v) is 6.17. The molecule has 8 nitrogen and oxygen atoms in total. The first-order valence-corrected chi connectivity index (χ1v) is 8.65. The average molecular weight is 391 g/mol. The van der Waals surface area contributed by atoms with Crippen molar-refractivity contribution < 1.29 is 23.5 Å². The zero-order valence-electron chi connectivity index (χ0n) is 15.8. The number of nitriles is 1. The summed E-state index contributed by atoms with van der Waals surface area (Å²) in [6, 6.07) is 11.7. The van der Waals surface area contributed by atoms with Crippen molar-refractivity contribution in [3.63, 3.8) is 0 Å². The van der Waals surface area contributed by atoms with Crippen LogP contribution in [-0.2, 0) is 9.53 Å². The first-order chi connectivity index (χ1) is 13.9. The summed E-state index contributed by atoms with van der Waals surface area (Å²) in [5, 5.41) is 12.1. The molecular weight excluding hydrogens is 374 g/mol. The van der Waals surface area contributed by atoms with Crippen LogP contribution in [0.25, 0.3) is 5.88 Å². The molecule has 1 aromatic carbocycles. The number of esters is 1. The maximum absolute atomic E-state index is 12.5. The van der Waals surface area contributed by atoms with Gasteiger partial charge in [-0.25, -0.2) is 4.79 Å². The van der Waals surface area contributed by atoms with Crippen LogP contribution in [0.1, 0.15) is 39.0 Å². The number of furan rings is 1. The van der Waals surface area contributed by atoms with Crippen LogP contribution in [0.3, 0.4) is 0 Å². The molecule has 1 amide bonds. The summed E-state index contributed by atoms with van der Waals surface area (Å²) >= 11 is 0. The molecule has 0 atom stereocenters. The maximum atomic E-state index is 12.5. The fourth-order valence-electron chi connectivity index (χ4n) is 2.76. The number of hydrogen-bond donors (Lipinski definition) is 1. The molecule has 0 aliphatic carbocycles. The predicted octanol–water partition coefficient (Wildman–Crippen LogP) is 3.25. The van der Waals surface area contributed by atoms with Crippen molar-refractivity contribution in [2.45, 2.75) is 13.8 Å². The molecule has 0 fully saturated rings. The molecule has 0 aliphatic rings. The molecule has 3 rings (SSSR count). The van der Waals surface area contributed by atoms with Crippen molar-refractivity contribution in [2.75, 3.05) is 11.9 Å². The van der Waals surface area contributed by atoms with Crippen LogP contribution in [0, 0.1) is 18.3 Å². The Hall–Kier alpha value is -4.12. The van der Waals surface area contributed by atoms with Gasteiger partial charge in [-0.2, -0.15) is 5.26 Å². The van der Waals surface area contributed by atoms with Crippen LogP contribution in [0.2, 0.25) is 0 Å². The van der Waals surface area contributed by atoms with E-state index >= 15 is 0 Å². The van der Waals surface area contributed by atoms with Gasteiger partial charge in [-0.05, 0) is 43.3 Å². The molecule has 0 radical (unpaired) electrons. The molecule has 8 heteroatoms. The number of carbonyl (C=O) groups excluding carboxylic acids is 3. The van der Waals surface area contributed by atoms with E-state index in [4.69, 9.17) is 9.15 Å². The highest BCUT2D eigenvalue weighted by atomic mass is 16.5. The summed E-state index contributed by atoms with van der Waals surface area (Å²) in [5.74, 6) is -1.02. The summed E-state index contributed by atoms with van der Waals surface area (Å²) in [7, 11) is 0. The zero-order chi connectivity index (χ0) is 21.0. The molecule has 2 aromatic heterocycles. The van der Waals surface area contributed by atoms with Crippen LogP contribution < -0.4 is 5.32 Å². The van der Waals surface area contributed by atoms with Gasteiger partial charge in [0.25, 0.3) is 0 Å². The molecular formula is C21H17N3O5. The highest BCUT2D eigenvalue weighted by molar-refractivity contribution is 6.01. The molecule has 0 spiro atoms. The van der Waals surface area contributed by atoms with Gasteiger partial charge < -0.3 is 14.5 Å². The Morgan fingerprint density at radius 2 is 1.83 bits per heavy atom. The van der Waals surface area contributed by atoms with Gasteiger partial charge in [-0.15, -0.1) is 0 Å². The van der Waals surface area contributed by atoms with Crippen molar-refractivity contribution in [3.05, 3.63) is 71.2 Å². The number of nitrogens with zero attached hydrogens (tertiary/aromatic N) is 2. The number of ether oxygens (including phenoxy) is 1. The Balaban J connectivity index is 1.72. The molecule has 0 aliphatic heterocycles. The van der Waals surface area contributed by atoms with Gasteiger partial charge >= 0.3 is 5.97 Å². The predicted molar refractivity (Wildman–Crippen MR) is 103 cm³/mol. The van der Waals surface area contributed by atoms with Crippen molar-refractivity contribution >= 4 is 23.3 Å². The maximum Gasteiger partial charge on any atom is 0.343 e. The summed E-state index contributed by atoms with van der Waals surface area (Å²) in [4.78, 5) is 35.8. The first kappa shape index (κ1) is 19.6. The van der Waals surface area contributed by atoms with Crippen molar-refractivity contribution in [3.8, 4) is 12.0 Å². The topological polar surface area (TPSA) is 114 Å². The standard InChI is InChI=1S/C21H17N3O5/c1-13-19(17(11-22)20(29-13)24-9-3-4-10-24)21(27)28-12-18(26)15-5-7-16(8-6-15)23-14(2)25/h3-10H,12H2,1-2H3,(H,23,25). The number of amides is 1. The van der Waals surface area contributed by atoms with Gasteiger partial charge in [0.2, 0.25) is 11.8 Å². The van der Waals surface area contributed by atoms with Gasteiger partial charge in [0, 0.05) is 30.6 Å². The Morgan fingerprint density at radius 1 is 1.17 bits per heavy atom. The van der Waals surface area contributed by atoms with Crippen molar-refractivity contribution in [2.24, 2.45) is 0 Å². The normalized spacial score (nSPS) is 10.2. The minimum Gasteiger partial charge on any atom is -0.454 e. The van der Waals surface area contributed by atoms with E-state index in [1.807, 2.05) is 6.07 Å². The lowest BCUT2D eigenvalue weighted by molar-refractivity contribution is -0.114. The SMILES string of the molecule is CC(=O)Nc1ccc(C(=O)COC(=O)c2c(C)oc(-n3cccc3)c2C#N)cc1. The molecule has 2 heterocycles. The molecule has 0 unspecified atom stereocenters. The van der Waals surface area contributed by atoms with E-state index in [1.54, 1.807) is 48.1 Å². The Kier molecular flexibility index (Phi) is 5.60. The number of carbonyl (C=O) groups is 3. The fraction of sp³-hybridized carbons (Fsp3) is 0.143. The van der Waals surface area contributed by atoms with Gasteiger partial charge in [0.05, 0.1) is 0 Å². The number of rotatable bonds is 6. The number of aryl methyl sites for hydroxylation is 1. The van der Waals surface area contributed by atoms with Crippen molar-refractivity contribution in [1.82, 2.24) is 4.57 Å². The highest BCUT2D eigenvalue weighted by Crippen LogP contribution is 2.26. The lowest BCUT2D eigenvalue weighted by atomic mass is 10.1. The lowest BCUT2D eigenvalue weighted by Crippen LogP contribution is -2.15. The third kappa shape index (κ3) is 4.25. The van der Waals surface area contributed by atoms with Crippen LogP contribution in [0.15, 0.2) is 53.2 Å². The van der Waals surface area contributed by atoms with E-state index in [0.717, 1.165) is 0 Å². The van der Waals surface area contributed by atoms with E-state index < -0.39 is 18.4 Å². The second kappa shape index (κ2) is 8.27. The minimum absolute atomic E-state index is 0.00925. The largest absolute Gasteiger partial charge is 0.454 e. The number of benzene rings is 1. The zero-order valence-corrected chi connectivity index (χ0v) is 15.8. The third-order valence-electron chi connectivity index (χ3n) is 4.08. The molecule has 0 bridgehead atoms. The number of aromatic nitrogens is 1. The molecule has 0 saturated heterocycles. The first-order valence-electron chi connectivity index (χ1n) is 8.65. The highest BCUT2D eigenvalue weighted by Gasteiger charge is 2.26. The second-order valence-electron chi connectivity index (χ2n) is 6.17. The van der Waals surface area contributed by atoms with E-state index in [2.05, 4.69) is 5.32 Å².